The molecule has 2 fully saturated rings. The maximum absolute atomic E-state index is 12.3. The van der Waals surface area contributed by atoms with Crippen molar-refractivity contribution in [1.82, 2.24) is 19.5 Å². The molecule has 0 saturated carbocycles. The fourth-order valence-electron chi connectivity index (χ4n) is 3.96. The monoisotopic (exact) mass is 387 g/mol. The predicted molar refractivity (Wildman–Crippen MR) is 106 cm³/mol. The Morgan fingerprint density at radius 2 is 1.89 bits per heavy atom. The van der Waals surface area contributed by atoms with Gasteiger partial charge in [0.1, 0.15) is 17.4 Å². The van der Waals surface area contributed by atoms with Crippen LogP contribution in [0.5, 0.6) is 0 Å². The van der Waals surface area contributed by atoms with E-state index >= 15 is 0 Å². The highest BCUT2D eigenvalue weighted by Gasteiger charge is 2.28. The lowest BCUT2D eigenvalue weighted by atomic mass is 9.92. The largest absolute Gasteiger partial charge is 0.444 e. The third-order valence-corrected chi connectivity index (χ3v) is 5.36. The van der Waals surface area contributed by atoms with E-state index in [-0.39, 0.29) is 6.09 Å². The lowest BCUT2D eigenvalue weighted by Crippen LogP contribution is -2.50. The lowest BCUT2D eigenvalue weighted by Gasteiger charge is -2.36. The van der Waals surface area contributed by atoms with Crippen LogP contribution in [0.1, 0.15) is 45.1 Å². The summed E-state index contributed by atoms with van der Waals surface area (Å²) < 4.78 is 13.0. The Kier molecular flexibility index (Phi) is 5.14. The Morgan fingerprint density at radius 1 is 1.18 bits per heavy atom. The number of carbonyl (C=O) groups excluding carboxylic acids is 1. The van der Waals surface area contributed by atoms with Crippen LogP contribution in [0.3, 0.4) is 0 Å². The van der Waals surface area contributed by atoms with E-state index in [0.717, 1.165) is 50.5 Å². The first-order valence-electron chi connectivity index (χ1n) is 10.1. The van der Waals surface area contributed by atoms with E-state index in [1.165, 1.54) is 5.56 Å². The van der Waals surface area contributed by atoms with Crippen molar-refractivity contribution in [3.63, 3.8) is 0 Å². The summed E-state index contributed by atoms with van der Waals surface area (Å²) in [5.74, 6) is 1.43. The zero-order valence-electron chi connectivity index (χ0n) is 16.9. The van der Waals surface area contributed by atoms with Gasteiger partial charge in [-0.2, -0.15) is 5.10 Å². The molecule has 0 bridgehead atoms. The van der Waals surface area contributed by atoms with Crippen molar-refractivity contribution in [3.05, 3.63) is 24.2 Å². The molecule has 4 heterocycles. The number of nitrogens with zero attached hydrogens (tertiary/aromatic N) is 5. The number of piperazine rings is 1. The number of hydrogen-bond acceptors (Lipinski definition) is 6. The average molecular weight is 387 g/mol. The van der Waals surface area contributed by atoms with Crippen LogP contribution in [0.2, 0.25) is 0 Å². The van der Waals surface area contributed by atoms with Crippen molar-refractivity contribution in [2.45, 2.75) is 45.1 Å². The van der Waals surface area contributed by atoms with Crippen molar-refractivity contribution in [2.75, 3.05) is 44.3 Å². The molecule has 1 amide bonds. The second-order valence-corrected chi connectivity index (χ2v) is 8.49. The third-order valence-electron chi connectivity index (χ3n) is 5.36. The number of fused-ring (bicyclic) bond motifs is 1. The minimum atomic E-state index is -0.475. The van der Waals surface area contributed by atoms with E-state index < -0.39 is 5.60 Å². The minimum absolute atomic E-state index is 0.245. The molecular formula is C20H29N5O3. The van der Waals surface area contributed by atoms with Crippen LogP contribution in [0, 0.1) is 0 Å². The Hall–Kier alpha value is -2.35. The summed E-state index contributed by atoms with van der Waals surface area (Å²) in [6.07, 6.45) is 5.44. The summed E-state index contributed by atoms with van der Waals surface area (Å²) in [7, 11) is 0. The van der Waals surface area contributed by atoms with Gasteiger partial charge in [0, 0.05) is 45.6 Å². The molecule has 2 aliphatic heterocycles. The molecule has 0 unspecified atom stereocenters. The summed E-state index contributed by atoms with van der Waals surface area (Å²) in [5.41, 5.74) is 1.91. The molecule has 0 N–H and O–H groups in total. The van der Waals surface area contributed by atoms with Gasteiger partial charge in [-0.05, 0) is 51.2 Å². The van der Waals surface area contributed by atoms with Gasteiger partial charge < -0.3 is 19.3 Å². The molecule has 8 heteroatoms. The van der Waals surface area contributed by atoms with E-state index in [2.05, 4.69) is 21.0 Å². The van der Waals surface area contributed by atoms with Gasteiger partial charge in [-0.1, -0.05) is 0 Å². The first-order chi connectivity index (χ1) is 13.4. The topological polar surface area (TPSA) is 72.2 Å². The highest BCUT2D eigenvalue weighted by atomic mass is 16.6. The fourth-order valence-corrected chi connectivity index (χ4v) is 3.96. The fraction of sp³-hybridized carbons (Fsp3) is 0.650. The smallest absolute Gasteiger partial charge is 0.410 e. The van der Waals surface area contributed by atoms with Crippen molar-refractivity contribution in [2.24, 2.45) is 0 Å². The highest BCUT2D eigenvalue weighted by molar-refractivity contribution is 5.75. The molecule has 8 nitrogen and oxygen atoms in total. The van der Waals surface area contributed by atoms with Crippen LogP contribution in [0.25, 0.3) is 5.52 Å². The van der Waals surface area contributed by atoms with Crippen molar-refractivity contribution in [1.29, 1.82) is 0 Å². The van der Waals surface area contributed by atoms with Gasteiger partial charge in [0.2, 0.25) is 0 Å². The molecule has 28 heavy (non-hydrogen) atoms. The zero-order valence-corrected chi connectivity index (χ0v) is 16.9. The summed E-state index contributed by atoms with van der Waals surface area (Å²) >= 11 is 0. The summed E-state index contributed by atoms with van der Waals surface area (Å²) in [5, 5.41) is 4.40. The molecule has 2 saturated heterocycles. The number of aromatic nitrogens is 3. The van der Waals surface area contributed by atoms with Crippen molar-refractivity contribution in [3.8, 4) is 0 Å². The van der Waals surface area contributed by atoms with Gasteiger partial charge >= 0.3 is 6.09 Å². The molecule has 0 atom stereocenters. The van der Waals surface area contributed by atoms with Crippen LogP contribution in [-0.2, 0) is 9.47 Å². The molecule has 2 aliphatic rings. The van der Waals surface area contributed by atoms with Gasteiger partial charge in [-0.25, -0.2) is 14.3 Å². The third kappa shape index (κ3) is 3.92. The molecule has 2 aromatic heterocycles. The number of hydrogen-bond donors (Lipinski definition) is 0. The minimum Gasteiger partial charge on any atom is -0.444 e. The van der Waals surface area contributed by atoms with Crippen LogP contribution in [0.15, 0.2) is 18.6 Å². The Balaban J connectivity index is 1.52. The molecule has 2 aromatic rings. The SMILES string of the molecule is CC(C)(C)OC(=O)N1CCN(c2ncnn3ccc(C4CCOCC4)c23)CC1. The Labute approximate surface area is 165 Å². The van der Waals surface area contributed by atoms with Crippen molar-refractivity contribution < 1.29 is 14.3 Å². The highest BCUT2D eigenvalue weighted by Crippen LogP contribution is 2.34. The van der Waals surface area contributed by atoms with Gasteiger partial charge in [0.15, 0.2) is 5.82 Å². The molecule has 4 rings (SSSR count). The van der Waals surface area contributed by atoms with Gasteiger partial charge in [-0.15, -0.1) is 0 Å². The Bertz CT molecular complexity index is 830. The standard InChI is InChI=1S/C20H29N5O3/c1-20(2,3)28-19(26)24-10-8-23(9-11-24)18-17-16(15-5-12-27-13-6-15)4-7-25(17)22-14-21-18/h4,7,14-15H,5-6,8-13H2,1-3H3. The van der Waals surface area contributed by atoms with Crippen LogP contribution >= 0.6 is 0 Å². The zero-order chi connectivity index (χ0) is 19.7. The van der Waals surface area contributed by atoms with Crippen molar-refractivity contribution >= 4 is 17.4 Å². The van der Waals surface area contributed by atoms with E-state index in [0.29, 0.717) is 19.0 Å². The van der Waals surface area contributed by atoms with Gasteiger partial charge in [-0.3, -0.25) is 0 Å². The molecule has 0 aliphatic carbocycles. The first kappa shape index (κ1) is 19.0. The number of amides is 1. The Morgan fingerprint density at radius 3 is 2.57 bits per heavy atom. The van der Waals surface area contributed by atoms with E-state index in [4.69, 9.17) is 9.47 Å². The van der Waals surface area contributed by atoms with E-state index in [1.54, 1.807) is 11.2 Å². The number of anilines is 1. The number of ether oxygens (including phenoxy) is 2. The quantitative estimate of drug-likeness (QED) is 0.789. The summed E-state index contributed by atoms with van der Waals surface area (Å²) in [4.78, 5) is 21.0. The summed E-state index contributed by atoms with van der Waals surface area (Å²) in [6.45, 7) is 9.99. The lowest BCUT2D eigenvalue weighted by molar-refractivity contribution is 0.0240. The van der Waals surface area contributed by atoms with Crippen LogP contribution in [0.4, 0.5) is 10.6 Å². The molecule has 0 radical (unpaired) electrons. The van der Waals surface area contributed by atoms with Crippen LogP contribution < -0.4 is 4.90 Å². The van der Waals surface area contributed by atoms with Gasteiger partial charge in [0.05, 0.1) is 0 Å². The number of rotatable bonds is 2. The number of carbonyl (C=O) groups is 1. The normalized spacial score (nSPS) is 19.2. The molecule has 152 valence electrons. The first-order valence-corrected chi connectivity index (χ1v) is 10.1. The second kappa shape index (κ2) is 7.58. The maximum atomic E-state index is 12.3. The molecule has 0 aromatic carbocycles. The molecule has 0 spiro atoms. The predicted octanol–water partition coefficient (Wildman–Crippen LogP) is 2.68. The average Bonchev–Trinajstić information content (AvgIpc) is 3.12. The molecular weight excluding hydrogens is 358 g/mol. The van der Waals surface area contributed by atoms with Gasteiger partial charge in [0.25, 0.3) is 0 Å². The summed E-state index contributed by atoms with van der Waals surface area (Å²) in [6, 6.07) is 2.17. The van der Waals surface area contributed by atoms with Crippen LogP contribution in [-0.4, -0.2) is 70.6 Å². The maximum Gasteiger partial charge on any atom is 0.410 e. The van der Waals surface area contributed by atoms with E-state index in [1.807, 2.05) is 31.5 Å². The second-order valence-electron chi connectivity index (χ2n) is 8.49. The van der Waals surface area contributed by atoms with E-state index in [9.17, 15) is 4.79 Å².